The topological polar surface area (TPSA) is 29.1 Å². The number of hydrogen-bond donors (Lipinski definition) is 1. The fraction of sp³-hybridized carbons (Fsp3) is 0.133. The average molecular weight is 322 g/mol. The Hall–Kier alpha value is -1.68. The van der Waals surface area contributed by atoms with Crippen molar-refractivity contribution in [3.63, 3.8) is 0 Å². The van der Waals surface area contributed by atoms with E-state index in [4.69, 9.17) is 0 Å². The molecule has 2 rings (SSSR count). The van der Waals surface area contributed by atoms with E-state index in [1.807, 2.05) is 32.0 Å². The molecular formula is C15H13BrFNO. The van der Waals surface area contributed by atoms with Gasteiger partial charge in [0.1, 0.15) is 5.82 Å². The fourth-order valence-electron chi connectivity index (χ4n) is 1.87. The van der Waals surface area contributed by atoms with Crippen LogP contribution < -0.4 is 5.32 Å². The minimum absolute atomic E-state index is 0.278. The quantitative estimate of drug-likeness (QED) is 0.826. The standard InChI is InChI=1S/C15H13BrFNO/c1-9-3-4-14(10(2)5-9)18-15-7-13(17)12(16)6-11(15)8-19/h3-8,18H,1-2H3. The Morgan fingerprint density at radius 3 is 2.53 bits per heavy atom. The van der Waals surface area contributed by atoms with E-state index < -0.39 is 5.82 Å². The summed E-state index contributed by atoms with van der Waals surface area (Å²) < 4.78 is 13.8. The molecule has 0 aliphatic carbocycles. The van der Waals surface area contributed by atoms with Gasteiger partial charge >= 0.3 is 0 Å². The molecule has 0 unspecified atom stereocenters. The molecule has 0 saturated heterocycles. The van der Waals surface area contributed by atoms with Crippen molar-refractivity contribution in [2.75, 3.05) is 5.32 Å². The molecule has 0 heterocycles. The first-order valence-corrected chi connectivity index (χ1v) is 6.59. The van der Waals surface area contributed by atoms with Crippen molar-refractivity contribution >= 4 is 33.6 Å². The van der Waals surface area contributed by atoms with E-state index in [-0.39, 0.29) is 4.47 Å². The second-order valence-corrected chi connectivity index (χ2v) is 5.27. The van der Waals surface area contributed by atoms with Crippen LogP contribution in [0.2, 0.25) is 0 Å². The molecule has 98 valence electrons. The summed E-state index contributed by atoms with van der Waals surface area (Å²) in [4.78, 5) is 11.0. The number of anilines is 2. The van der Waals surface area contributed by atoms with Crippen molar-refractivity contribution in [3.05, 3.63) is 57.3 Å². The van der Waals surface area contributed by atoms with Crippen LogP contribution >= 0.6 is 15.9 Å². The lowest BCUT2D eigenvalue weighted by atomic mass is 10.1. The lowest BCUT2D eigenvalue weighted by Crippen LogP contribution is -1.99. The third-order valence-corrected chi connectivity index (χ3v) is 3.48. The highest BCUT2D eigenvalue weighted by molar-refractivity contribution is 9.10. The van der Waals surface area contributed by atoms with Crippen LogP contribution in [-0.4, -0.2) is 6.29 Å². The number of hydrogen-bond acceptors (Lipinski definition) is 2. The number of halogens is 2. The first kappa shape index (κ1) is 13.7. The van der Waals surface area contributed by atoms with Crippen LogP contribution in [-0.2, 0) is 0 Å². The van der Waals surface area contributed by atoms with Gasteiger partial charge in [-0.05, 0) is 53.5 Å². The van der Waals surface area contributed by atoms with Crippen molar-refractivity contribution < 1.29 is 9.18 Å². The van der Waals surface area contributed by atoms with E-state index in [0.29, 0.717) is 17.5 Å². The lowest BCUT2D eigenvalue weighted by Gasteiger charge is -2.12. The van der Waals surface area contributed by atoms with Gasteiger partial charge in [0.25, 0.3) is 0 Å². The maximum Gasteiger partial charge on any atom is 0.152 e. The van der Waals surface area contributed by atoms with Crippen LogP contribution in [0, 0.1) is 19.7 Å². The molecule has 0 fully saturated rings. The Morgan fingerprint density at radius 2 is 1.89 bits per heavy atom. The van der Waals surface area contributed by atoms with Gasteiger partial charge in [-0.15, -0.1) is 0 Å². The van der Waals surface area contributed by atoms with E-state index in [9.17, 15) is 9.18 Å². The second-order valence-electron chi connectivity index (χ2n) is 4.41. The largest absolute Gasteiger partial charge is 0.355 e. The Kier molecular flexibility index (Phi) is 4.00. The molecule has 0 aliphatic rings. The first-order valence-electron chi connectivity index (χ1n) is 5.80. The van der Waals surface area contributed by atoms with E-state index in [1.54, 1.807) is 0 Å². The van der Waals surface area contributed by atoms with Crippen molar-refractivity contribution in [3.8, 4) is 0 Å². The van der Waals surface area contributed by atoms with Crippen LogP contribution in [0.25, 0.3) is 0 Å². The maximum atomic E-state index is 13.6. The summed E-state index contributed by atoms with van der Waals surface area (Å²) in [5, 5.41) is 3.09. The smallest absolute Gasteiger partial charge is 0.152 e. The summed E-state index contributed by atoms with van der Waals surface area (Å²) in [6.07, 6.45) is 0.704. The van der Waals surface area contributed by atoms with E-state index >= 15 is 0 Å². The van der Waals surface area contributed by atoms with E-state index in [1.165, 1.54) is 12.1 Å². The predicted octanol–water partition coefficient (Wildman–Crippen LogP) is 4.76. The van der Waals surface area contributed by atoms with Gasteiger partial charge in [0.15, 0.2) is 6.29 Å². The molecule has 2 aromatic rings. The molecule has 0 radical (unpaired) electrons. The SMILES string of the molecule is Cc1ccc(Nc2cc(F)c(Br)cc2C=O)c(C)c1. The number of aldehydes is 1. The molecule has 0 aliphatic heterocycles. The molecule has 0 bridgehead atoms. The maximum absolute atomic E-state index is 13.6. The fourth-order valence-corrected chi connectivity index (χ4v) is 2.23. The van der Waals surface area contributed by atoms with Crippen molar-refractivity contribution in [2.24, 2.45) is 0 Å². The van der Waals surface area contributed by atoms with Crippen molar-refractivity contribution in [1.82, 2.24) is 0 Å². The Labute approximate surface area is 119 Å². The summed E-state index contributed by atoms with van der Waals surface area (Å²) in [6.45, 7) is 3.97. The molecule has 0 amide bonds. The Morgan fingerprint density at radius 1 is 1.16 bits per heavy atom. The zero-order valence-electron chi connectivity index (χ0n) is 10.6. The molecule has 1 N–H and O–H groups in total. The van der Waals surface area contributed by atoms with E-state index in [0.717, 1.165) is 16.8 Å². The molecule has 2 aromatic carbocycles. The molecule has 0 saturated carbocycles. The summed E-state index contributed by atoms with van der Waals surface area (Å²) in [5.74, 6) is -0.405. The van der Waals surface area contributed by atoms with Crippen molar-refractivity contribution in [1.29, 1.82) is 0 Å². The minimum atomic E-state index is -0.405. The third-order valence-electron chi connectivity index (χ3n) is 2.87. The first-order chi connectivity index (χ1) is 9.01. The number of carbonyl (C=O) groups is 1. The lowest BCUT2D eigenvalue weighted by molar-refractivity contribution is 0.112. The minimum Gasteiger partial charge on any atom is -0.355 e. The molecule has 4 heteroatoms. The van der Waals surface area contributed by atoms with Gasteiger partial charge in [-0.3, -0.25) is 4.79 Å². The van der Waals surface area contributed by atoms with Gasteiger partial charge < -0.3 is 5.32 Å². The zero-order valence-corrected chi connectivity index (χ0v) is 12.2. The molecule has 0 atom stereocenters. The van der Waals surface area contributed by atoms with Crippen molar-refractivity contribution in [2.45, 2.75) is 13.8 Å². The summed E-state index contributed by atoms with van der Waals surface area (Å²) in [5.41, 5.74) is 3.92. The van der Waals surface area contributed by atoms with E-state index in [2.05, 4.69) is 21.2 Å². The summed E-state index contributed by atoms with van der Waals surface area (Å²) >= 11 is 3.07. The highest BCUT2D eigenvalue weighted by Gasteiger charge is 2.09. The normalized spacial score (nSPS) is 10.3. The number of aryl methyl sites for hydroxylation is 2. The monoisotopic (exact) mass is 321 g/mol. The zero-order chi connectivity index (χ0) is 14.0. The third kappa shape index (κ3) is 3.01. The number of benzene rings is 2. The molecule has 0 spiro atoms. The average Bonchev–Trinajstić information content (AvgIpc) is 2.36. The van der Waals surface area contributed by atoms with Gasteiger partial charge in [-0.25, -0.2) is 4.39 Å². The van der Waals surface area contributed by atoms with Gasteiger partial charge in [0.05, 0.1) is 10.2 Å². The van der Waals surface area contributed by atoms with Crippen LogP contribution in [0.3, 0.4) is 0 Å². The highest BCUT2D eigenvalue weighted by atomic mass is 79.9. The Balaban J connectivity index is 2.42. The van der Waals surface area contributed by atoms with Gasteiger partial charge in [-0.2, -0.15) is 0 Å². The van der Waals surface area contributed by atoms with Gasteiger partial charge in [-0.1, -0.05) is 17.7 Å². The number of rotatable bonds is 3. The highest BCUT2D eigenvalue weighted by Crippen LogP contribution is 2.27. The number of carbonyl (C=O) groups excluding carboxylic acids is 1. The summed E-state index contributed by atoms with van der Waals surface area (Å²) in [7, 11) is 0. The second kappa shape index (κ2) is 5.53. The summed E-state index contributed by atoms with van der Waals surface area (Å²) in [6, 6.07) is 8.68. The van der Waals surface area contributed by atoms with Crippen LogP contribution in [0.1, 0.15) is 21.5 Å². The molecule has 0 aromatic heterocycles. The Bertz CT molecular complexity index is 640. The van der Waals surface area contributed by atoms with Gasteiger partial charge in [0, 0.05) is 11.3 Å². The van der Waals surface area contributed by atoms with Crippen LogP contribution in [0.4, 0.5) is 15.8 Å². The molecule has 19 heavy (non-hydrogen) atoms. The number of nitrogens with one attached hydrogen (secondary N) is 1. The van der Waals surface area contributed by atoms with Gasteiger partial charge in [0.2, 0.25) is 0 Å². The molecule has 2 nitrogen and oxygen atoms in total. The van der Waals surface area contributed by atoms with Crippen LogP contribution in [0.5, 0.6) is 0 Å². The van der Waals surface area contributed by atoms with Crippen LogP contribution in [0.15, 0.2) is 34.8 Å². The molecular weight excluding hydrogens is 309 g/mol. The predicted molar refractivity (Wildman–Crippen MR) is 78.7 cm³/mol.